The predicted molar refractivity (Wildman–Crippen MR) is 68.7 cm³/mol. The number of thiophene rings is 1. The first-order chi connectivity index (χ1) is 9.44. The van der Waals surface area contributed by atoms with Gasteiger partial charge >= 0.3 is 5.69 Å². The van der Waals surface area contributed by atoms with Crippen molar-refractivity contribution < 1.29 is 13.3 Å². The average Bonchev–Trinajstić information content (AvgIpc) is 3.05. The fourth-order valence-electron chi connectivity index (χ4n) is 1.29. The van der Waals surface area contributed by atoms with Crippen LogP contribution in [0.15, 0.2) is 10.3 Å². The van der Waals surface area contributed by atoms with E-state index >= 15 is 0 Å². The lowest BCUT2D eigenvalue weighted by molar-refractivity contribution is -0.383. The third kappa shape index (κ3) is 2.89. The lowest BCUT2D eigenvalue weighted by Gasteiger charge is -2.00. The lowest BCUT2D eigenvalue weighted by atomic mass is 10.5. The molecule has 2 rings (SSSR count). The number of H-pyrrole nitrogens is 1. The largest absolute Gasteiger partial charge is 0.374 e. The third-order valence-corrected chi connectivity index (χ3v) is 5.20. The number of nitro groups is 1. The van der Waals surface area contributed by atoms with Crippen molar-refractivity contribution in [2.75, 3.05) is 12.4 Å². The van der Waals surface area contributed by atoms with E-state index in [0.29, 0.717) is 0 Å². The van der Waals surface area contributed by atoms with Crippen LogP contribution >= 0.6 is 11.3 Å². The highest BCUT2D eigenvalue weighted by molar-refractivity contribution is 7.91. The normalized spacial score (nSPS) is 11.4. The van der Waals surface area contributed by atoms with E-state index in [0.717, 1.165) is 17.4 Å². The van der Waals surface area contributed by atoms with Gasteiger partial charge in [-0.1, -0.05) is 16.6 Å². The minimum Gasteiger partial charge on any atom is -0.374 e. The number of nitrogens with one attached hydrogen (secondary N) is 3. The molecular formula is C7H9N7O4S2. The smallest absolute Gasteiger partial charge is 0.304 e. The number of aromatic nitrogens is 4. The number of hydrogen-bond acceptors (Lipinski definition) is 9. The number of rotatable bonds is 6. The van der Waals surface area contributed by atoms with Crippen LogP contribution in [0.1, 0.15) is 5.82 Å². The van der Waals surface area contributed by atoms with Gasteiger partial charge in [-0.15, -0.1) is 10.2 Å². The van der Waals surface area contributed by atoms with Gasteiger partial charge < -0.3 is 5.32 Å². The Labute approximate surface area is 116 Å². The summed E-state index contributed by atoms with van der Waals surface area (Å²) in [5, 5.41) is 26.2. The summed E-state index contributed by atoms with van der Waals surface area (Å²) in [7, 11) is -2.41. The quantitative estimate of drug-likeness (QED) is 0.483. The zero-order chi connectivity index (χ0) is 14.8. The van der Waals surface area contributed by atoms with E-state index in [1.165, 1.54) is 7.05 Å². The molecule has 0 saturated heterocycles. The molecule has 2 heterocycles. The third-order valence-electron chi connectivity index (χ3n) is 2.19. The maximum absolute atomic E-state index is 12.0. The number of tetrazole rings is 1. The summed E-state index contributed by atoms with van der Waals surface area (Å²) < 4.78 is 26.0. The Morgan fingerprint density at radius 2 is 2.30 bits per heavy atom. The standard InChI is InChI=1S/C7H9N7O4S2/c1-8-7-4(14(15)16)2-6(19-7)20(17,18)9-3-5-10-12-13-11-5/h2,8-9H,3H2,1H3,(H,10,11,12,13). The number of nitrogens with zero attached hydrogens (tertiary/aromatic N) is 4. The van der Waals surface area contributed by atoms with Crippen molar-refractivity contribution in [1.82, 2.24) is 25.3 Å². The maximum Gasteiger partial charge on any atom is 0.304 e. The monoisotopic (exact) mass is 319 g/mol. The molecule has 0 spiro atoms. The molecule has 108 valence electrons. The van der Waals surface area contributed by atoms with Crippen molar-refractivity contribution >= 4 is 32.0 Å². The van der Waals surface area contributed by atoms with E-state index in [4.69, 9.17) is 0 Å². The van der Waals surface area contributed by atoms with Crippen LogP contribution in [-0.2, 0) is 16.6 Å². The van der Waals surface area contributed by atoms with Crippen LogP contribution in [0.5, 0.6) is 0 Å². The molecule has 0 aliphatic rings. The molecule has 0 fully saturated rings. The van der Waals surface area contributed by atoms with Gasteiger partial charge in [0.25, 0.3) is 10.0 Å². The van der Waals surface area contributed by atoms with Gasteiger partial charge in [0.2, 0.25) is 0 Å². The first-order valence-electron chi connectivity index (χ1n) is 5.12. The molecule has 0 atom stereocenters. The molecule has 0 aliphatic heterocycles. The summed E-state index contributed by atoms with van der Waals surface area (Å²) in [6.45, 7) is -0.167. The summed E-state index contributed by atoms with van der Waals surface area (Å²) in [5.41, 5.74) is -0.294. The maximum atomic E-state index is 12.0. The highest BCUT2D eigenvalue weighted by Crippen LogP contribution is 2.36. The van der Waals surface area contributed by atoms with Crippen LogP contribution in [-0.4, -0.2) is 41.0 Å². The van der Waals surface area contributed by atoms with Crippen molar-refractivity contribution in [3.8, 4) is 0 Å². The van der Waals surface area contributed by atoms with E-state index in [2.05, 4.69) is 30.7 Å². The fourth-order valence-corrected chi connectivity index (χ4v) is 3.60. The Bertz CT molecular complexity index is 708. The van der Waals surface area contributed by atoms with Crippen LogP contribution in [0, 0.1) is 10.1 Å². The molecule has 0 aliphatic carbocycles. The molecule has 0 saturated carbocycles. The van der Waals surface area contributed by atoms with Crippen molar-refractivity contribution in [2.45, 2.75) is 10.8 Å². The first kappa shape index (κ1) is 14.3. The van der Waals surface area contributed by atoms with Gasteiger partial charge in [-0.25, -0.2) is 13.1 Å². The van der Waals surface area contributed by atoms with Crippen LogP contribution in [0.3, 0.4) is 0 Å². The molecule has 11 nitrogen and oxygen atoms in total. The van der Waals surface area contributed by atoms with Gasteiger partial charge in [-0.3, -0.25) is 10.1 Å². The summed E-state index contributed by atoms with van der Waals surface area (Å²) in [6.07, 6.45) is 0. The van der Waals surface area contributed by atoms with Crippen LogP contribution in [0.4, 0.5) is 10.7 Å². The number of anilines is 1. The molecule has 0 unspecified atom stereocenters. The van der Waals surface area contributed by atoms with Gasteiger partial charge in [0.15, 0.2) is 10.8 Å². The van der Waals surface area contributed by atoms with E-state index in [1.54, 1.807) is 0 Å². The summed E-state index contributed by atoms with van der Waals surface area (Å²) in [6, 6.07) is 0.995. The minimum atomic E-state index is -3.88. The Morgan fingerprint density at radius 1 is 1.55 bits per heavy atom. The van der Waals surface area contributed by atoms with Gasteiger partial charge in [-0.05, 0) is 0 Å². The zero-order valence-corrected chi connectivity index (χ0v) is 11.7. The van der Waals surface area contributed by atoms with Crippen LogP contribution in [0.25, 0.3) is 0 Å². The van der Waals surface area contributed by atoms with Crippen LogP contribution < -0.4 is 10.0 Å². The Kier molecular flexibility index (Phi) is 3.91. The number of hydrogen-bond donors (Lipinski definition) is 3. The Balaban J connectivity index is 2.23. The predicted octanol–water partition coefficient (Wildman–Crippen LogP) is -0.310. The van der Waals surface area contributed by atoms with Gasteiger partial charge in [0.05, 0.1) is 11.5 Å². The molecule has 3 N–H and O–H groups in total. The summed E-state index contributed by atoms with van der Waals surface area (Å²) in [5.74, 6) is 0.161. The highest BCUT2D eigenvalue weighted by Gasteiger charge is 2.25. The van der Waals surface area contributed by atoms with E-state index < -0.39 is 14.9 Å². The Hall–Kier alpha value is -2.12. The van der Waals surface area contributed by atoms with E-state index in [-0.39, 0.29) is 27.3 Å². The SMILES string of the molecule is CNc1sc(S(=O)(=O)NCc2nn[nH]n2)cc1[N+](=O)[O-]. The second-order valence-corrected chi connectivity index (χ2v) is 6.49. The minimum absolute atomic E-state index is 0.161. The summed E-state index contributed by atoms with van der Waals surface area (Å²) >= 11 is 0.764. The molecule has 13 heteroatoms. The van der Waals surface area contributed by atoms with E-state index in [1.807, 2.05) is 0 Å². The molecule has 2 aromatic heterocycles. The molecular weight excluding hydrogens is 310 g/mol. The van der Waals surface area contributed by atoms with Crippen LogP contribution in [0.2, 0.25) is 0 Å². The molecule has 0 amide bonds. The average molecular weight is 319 g/mol. The lowest BCUT2D eigenvalue weighted by Crippen LogP contribution is -2.23. The van der Waals surface area contributed by atoms with Gasteiger partial charge in [0, 0.05) is 13.1 Å². The summed E-state index contributed by atoms with van der Waals surface area (Å²) in [4.78, 5) is 10.1. The molecule has 0 radical (unpaired) electrons. The number of sulfonamides is 1. The zero-order valence-electron chi connectivity index (χ0n) is 10.0. The molecule has 0 bridgehead atoms. The fraction of sp³-hybridized carbons (Fsp3) is 0.286. The molecule has 0 aromatic carbocycles. The van der Waals surface area contributed by atoms with Crippen molar-refractivity contribution in [3.05, 3.63) is 22.0 Å². The van der Waals surface area contributed by atoms with E-state index in [9.17, 15) is 18.5 Å². The second kappa shape index (κ2) is 5.48. The topological polar surface area (TPSA) is 156 Å². The van der Waals surface area contributed by atoms with Gasteiger partial charge in [0.1, 0.15) is 4.21 Å². The molecule has 20 heavy (non-hydrogen) atoms. The first-order valence-corrected chi connectivity index (χ1v) is 7.42. The van der Waals surface area contributed by atoms with Crippen molar-refractivity contribution in [3.63, 3.8) is 0 Å². The van der Waals surface area contributed by atoms with Crippen molar-refractivity contribution in [2.24, 2.45) is 0 Å². The van der Waals surface area contributed by atoms with Gasteiger partial charge in [-0.2, -0.15) is 5.21 Å². The molecule has 2 aromatic rings. The van der Waals surface area contributed by atoms with Crippen molar-refractivity contribution in [1.29, 1.82) is 0 Å². The highest BCUT2D eigenvalue weighted by atomic mass is 32.2. The number of aromatic amines is 1. The second-order valence-electron chi connectivity index (χ2n) is 3.44. The Morgan fingerprint density at radius 3 is 2.80 bits per heavy atom.